The zero-order chi connectivity index (χ0) is 20.6. The summed E-state index contributed by atoms with van der Waals surface area (Å²) in [5, 5.41) is 16.1. The summed E-state index contributed by atoms with van der Waals surface area (Å²) in [6.45, 7) is 0. The zero-order valence-corrected chi connectivity index (χ0v) is 16.0. The molecule has 0 atom stereocenters. The topological polar surface area (TPSA) is 78.0 Å². The molecule has 1 aromatic heterocycles. The van der Waals surface area contributed by atoms with Gasteiger partial charge in [0.2, 0.25) is 5.82 Å². The van der Waals surface area contributed by atoms with Crippen LogP contribution in [0.3, 0.4) is 0 Å². The Morgan fingerprint density at radius 3 is 2.18 bits per heavy atom. The number of thioether (sulfide) groups is 1. The van der Waals surface area contributed by atoms with E-state index < -0.39 is 17.8 Å². The molecule has 0 saturated carbocycles. The number of hydrogen-bond donors (Lipinski definition) is 0. The molecule has 146 valence electrons. The van der Waals surface area contributed by atoms with Gasteiger partial charge >= 0.3 is 6.18 Å². The molecule has 2 heterocycles. The van der Waals surface area contributed by atoms with Crippen LogP contribution in [0, 0.1) is 11.3 Å². The van der Waals surface area contributed by atoms with Crippen LogP contribution in [0.15, 0.2) is 40.8 Å². The summed E-state index contributed by atoms with van der Waals surface area (Å²) >= 11 is 0.798. The number of fused-ring (bicyclic) bond motifs is 1. The van der Waals surface area contributed by atoms with Crippen LogP contribution in [0.5, 0.6) is 0 Å². The van der Waals surface area contributed by atoms with E-state index in [1.54, 1.807) is 23.9 Å². The number of Topliss-reactive ketones (excluding diaryl/α,β-unsaturated/α-hetero) is 1. The van der Waals surface area contributed by atoms with Crippen molar-refractivity contribution in [2.45, 2.75) is 11.3 Å². The quantitative estimate of drug-likeness (QED) is 0.437. The molecule has 1 aliphatic heterocycles. The van der Waals surface area contributed by atoms with Gasteiger partial charge in [-0.3, -0.25) is 4.79 Å². The van der Waals surface area contributed by atoms with Gasteiger partial charge in [-0.05, 0) is 12.1 Å². The largest absolute Gasteiger partial charge is 0.451 e. The zero-order valence-electron chi connectivity index (χ0n) is 15.2. The standard InChI is InChI=1S/C17H15F3N6OS/c1-24-11-6-4-5-7-12(11)25(2)14(24)10(8-21)13(27)9-28-16-23-22-15(26(16)3)17(18,19)20/h4-7H,9H2,1-3H3. The number of halogens is 3. The Bertz CT molecular complexity index is 976. The summed E-state index contributed by atoms with van der Waals surface area (Å²) in [4.78, 5) is 16.1. The monoisotopic (exact) mass is 408 g/mol. The highest BCUT2D eigenvalue weighted by Gasteiger charge is 2.38. The van der Waals surface area contributed by atoms with Crippen molar-refractivity contribution in [1.82, 2.24) is 14.8 Å². The van der Waals surface area contributed by atoms with Crippen LogP contribution in [0.1, 0.15) is 5.82 Å². The van der Waals surface area contributed by atoms with Gasteiger partial charge in [0.15, 0.2) is 10.9 Å². The fourth-order valence-electron chi connectivity index (χ4n) is 2.95. The second kappa shape index (κ2) is 7.20. The van der Waals surface area contributed by atoms with E-state index in [2.05, 4.69) is 10.2 Å². The lowest BCUT2D eigenvalue weighted by molar-refractivity contribution is -0.147. The molecule has 1 aliphatic rings. The molecular weight excluding hydrogens is 393 g/mol. The Morgan fingerprint density at radius 2 is 1.71 bits per heavy atom. The van der Waals surface area contributed by atoms with Crippen molar-refractivity contribution in [2.75, 3.05) is 29.6 Å². The number of benzene rings is 1. The molecule has 28 heavy (non-hydrogen) atoms. The van der Waals surface area contributed by atoms with Gasteiger partial charge in [-0.1, -0.05) is 23.9 Å². The number of anilines is 2. The third kappa shape index (κ3) is 3.31. The molecule has 0 spiro atoms. The van der Waals surface area contributed by atoms with E-state index in [1.807, 2.05) is 30.3 Å². The van der Waals surface area contributed by atoms with Crippen LogP contribution in [0.4, 0.5) is 24.5 Å². The number of hydrogen-bond acceptors (Lipinski definition) is 7. The summed E-state index contributed by atoms with van der Waals surface area (Å²) in [6, 6.07) is 9.36. The second-order valence-corrected chi connectivity index (χ2v) is 6.93. The Hall–Kier alpha value is -3.00. The van der Waals surface area contributed by atoms with Gasteiger partial charge in [0.05, 0.1) is 17.1 Å². The highest BCUT2D eigenvalue weighted by molar-refractivity contribution is 7.99. The SMILES string of the molecule is CN1C(=C(C#N)C(=O)CSc2nnc(C(F)(F)F)n2C)N(C)c2ccccc21. The molecule has 2 aromatic rings. The second-order valence-electron chi connectivity index (χ2n) is 5.99. The van der Waals surface area contributed by atoms with E-state index in [0.717, 1.165) is 27.7 Å². The molecule has 0 bridgehead atoms. The predicted octanol–water partition coefficient (Wildman–Crippen LogP) is 2.82. The molecule has 0 unspecified atom stereocenters. The first kappa shape index (κ1) is 19.8. The minimum Gasteiger partial charge on any atom is -0.328 e. The summed E-state index contributed by atoms with van der Waals surface area (Å²) in [5.41, 5.74) is 1.61. The number of para-hydroxylation sites is 2. The van der Waals surface area contributed by atoms with Gasteiger partial charge < -0.3 is 14.4 Å². The first-order chi connectivity index (χ1) is 13.2. The van der Waals surface area contributed by atoms with Crippen molar-refractivity contribution >= 4 is 28.9 Å². The van der Waals surface area contributed by atoms with Crippen LogP contribution >= 0.6 is 11.8 Å². The highest BCUT2D eigenvalue weighted by Crippen LogP contribution is 2.40. The van der Waals surface area contributed by atoms with E-state index in [4.69, 9.17) is 0 Å². The molecule has 0 N–H and O–H groups in total. The third-order valence-electron chi connectivity index (χ3n) is 4.27. The Morgan fingerprint density at radius 1 is 1.14 bits per heavy atom. The lowest BCUT2D eigenvalue weighted by Crippen LogP contribution is -2.26. The lowest BCUT2D eigenvalue weighted by Gasteiger charge is -2.19. The molecular formula is C17H15F3N6OS. The fourth-order valence-corrected chi connectivity index (χ4v) is 3.73. The van der Waals surface area contributed by atoms with Crippen LogP contribution in [0.25, 0.3) is 0 Å². The average Bonchev–Trinajstić information content (AvgIpc) is 3.14. The van der Waals surface area contributed by atoms with E-state index in [9.17, 15) is 23.2 Å². The molecule has 0 aliphatic carbocycles. The summed E-state index contributed by atoms with van der Waals surface area (Å²) in [6.07, 6.45) is -4.63. The fraction of sp³-hybridized carbons (Fsp3) is 0.294. The van der Waals surface area contributed by atoms with Gasteiger partial charge in [-0.2, -0.15) is 18.4 Å². The minimum absolute atomic E-state index is 0.0561. The molecule has 1 aromatic carbocycles. The minimum atomic E-state index is -4.63. The number of carbonyl (C=O) groups excluding carboxylic acids is 1. The van der Waals surface area contributed by atoms with Crippen LogP contribution in [-0.4, -0.2) is 40.4 Å². The van der Waals surface area contributed by atoms with Crippen LogP contribution < -0.4 is 9.80 Å². The maximum atomic E-state index is 12.8. The van der Waals surface area contributed by atoms with Gasteiger partial charge in [-0.25, -0.2) is 0 Å². The predicted molar refractivity (Wildman–Crippen MR) is 97.6 cm³/mol. The van der Waals surface area contributed by atoms with Gasteiger partial charge in [-0.15, -0.1) is 10.2 Å². The van der Waals surface area contributed by atoms with Crippen LogP contribution in [0.2, 0.25) is 0 Å². The van der Waals surface area contributed by atoms with E-state index >= 15 is 0 Å². The lowest BCUT2D eigenvalue weighted by atomic mass is 10.2. The van der Waals surface area contributed by atoms with Crippen molar-refractivity contribution in [3.8, 4) is 6.07 Å². The number of rotatable bonds is 4. The average molecular weight is 408 g/mol. The molecule has 11 heteroatoms. The van der Waals surface area contributed by atoms with Gasteiger partial charge in [0.25, 0.3) is 0 Å². The summed E-state index contributed by atoms with van der Waals surface area (Å²) in [7, 11) is 4.66. The van der Waals surface area contributed by atoms with Crippen molar-refractivity contribution < 1.29 is 18.0 Å². The summed E-state index contributed by atoms with van der Waals surface area (Å²) in [5.74, 6) is -1.48. The van der Waals surface area contributed by atoms with Gasteiger partial charge in [0, 0.05) is 21.1 Å². The number of aromatic nitrogens is 3. The maximum absolute atomic E-state index is 12.8. The van der Waals surface area contributed by atoms with Crippen molar-refractivity contribution in [1.29, 1.82) is 5.26 Å². The summed E-state index contributed by atoms with van der Waals surface area (Å²) < 4.78 is 39.2. The first-order valence-electron chi connectivity index (χ1n) is 8.00. The van der Waals surface area contributed by atoms with Crippen molar-refractivity contribution in [2.24, 2.45) is 7.05 Å². The Labute approximate surface area is 163 Å². The Balaban J connectivity index is 1.84. The number of nitrogens with zero attached hydrogens (tertiary/aromatic N) is 6. The molecule has 0 saturated heterocycles. The van der Waals surface area contributed by atoms with Crippen LogP contribution in [-0.2, 0) is 18.0 Å². The van der Waals surface area contributed by atoms with Gasteiger partial charge in [0.1, 0.15) is 17.5 Å². The number of nitriles is 1. The Kier molecular flexibility index (Phi) is 5.08. The molecule has 0 radical (unpaired) electrons. The third-order valence-corrected chi connectivity index (χ3v) is 5.30. The number of allylic oxidation sites excluding steroid dienone is 1. The molecule has 3 rings (SSSR count). The van der Waals surface area contributed by atoms with E-state index in [0.29, 0.717) is 5.82 Å². The van der Waals surface area contributed by atoms with Crippen molar-refractivity contribution in [3.05, 3.63) is 41.5 Å². The van der Waals surface area contributed by atoms with E-state index in [1.165, 1.54) is 7.05 Å². The first-order valence-corrected chi connectivity index (χ1v) is 8.98. The molecule has 7 nitrogen and oxygen atoms in total. The number of alkyl halides is 3. The van der Waals surface area contributed by atoms with E-state index in [-0.39, 0.29) is 16.5 Å². The number of carbonyl (C=O) groups is 1. The maximum Gasteiger partial charge on any atom is 0.451 e. The molecule has 0 fully saturated rings. The number of ketones is 1. The highest BCUT2D eigenvalue weighted by atomic mass is 32.2. The smallest absolute Gasteiger partial charge is 0.328 e. The molecule has 0 amide bonds. The van der Waals surface area contributed by atoms with Crippen molar-refractivity contribution in [3.63, 3.8) is 0 Å². The normalized spacial score (nSPS) is 13.5.